The van der Waals surface area contributed by atoms with E-state index in [1.54, 1.807) is 0 Å². The molecule has 1 fully saturated rings. The van der Waals surface area contributed by atoms with Gasteiger partial charge in [0.25, 0.3) is 0 Å². The minimum atomic E-state index is -0.369. The lowest BCUT2D eigenvalue weighted by atomic mass is 9.61. The molecule has 0 heterocycles. The molecule has 0 aromatic carbocycles. The first-order chi connectivity index (χ1) is 6.66. The molecule has 88 valence electrons. The van der Waals surface area contributed by atoms with E-state index in [2.05, 4.69) is 13.8 Å². The second-order valence-electron chi connectivity index (χ2n) is 5.87. The predicted molar refractivity (Wildman–Crippen MR) is 60.3 cm³/mol. The zero-order valence-corrected chi connectivity index (χ0v) is 10.5. The summed E-state index contributed by atoms with van der Waals surface area (Å²) >= 11 is 0. The zero-order chi connectivity index (χ0) is 11.9. The molecule has 0 aromatic rings. The molecule has 1 aliphatic rings. The first-order valence-electron chi connectivity index (χ1n) is 5.52. The molecule has 2 N–H and O–H groups in total. The number of esters is 1. The van der Waals surface area contributed by atoms with E-state index < -0.39 is 0 Å². The smallest absolute Gasteiger partial charge is 0.306 e. The molecule has 1 unspecified atom stereocenters. The van der Waals surface area contributed by atoms with Crippen LogP contribution in [0.5, 0.6) is 0 Å². The Morgan fingerprint density at radius 3 is 2.13 bits per heavy atom. The predicted octanol–water partition coefficient (Wildman–Crippen LogP) is 2.09. The van der Waals surface area contributed by atoms with Gasteiger partial charge in [0.2, 0.25) is 0 Å². The van der Waals surface area contributed by atoms with Crippen molar-refractivity contribution in [2.75, 3.05) is 7.11 Å². The van der Waals surface area contributed by atoms with Crippen LogP contribution in [0.25, 0.3) is 0 Å². The van der Waals surface area contributed by atoms with Gasteiger partial charge in [-0.3, -0.25) is 4.79 Å². The van der Waals surface area contributed by atoms with Crippen LogP contribution in [0.2, 0.25) is 0 Å². The van der Waals surface area contributed by atoms with Gasteiger partial charge in [-0.2, -0.15) is 0 Å². The minimum absolute atomic E-state index is 0.163. The summed E-state index contributed by atoms with van der Waals surface area (Å²) in [4.78, 5) is 11.5. The molecule has 1 atom stereocenters. The molecule has 0 amide bonds. The number of methoxy groups -OCH3 is 1. The van der Waals surface area contributed by atoms with Crippen LogP contribution in [0.15, 0.2) is 0 Å². The van der Waals surface area contributed by atoms with Gasteiger partial charge in [-0.15, -0.1) is 0 Å². The van der Waals surface area contributed by atoms with Crippen LogP contribution in [0.4, 0.5) is 0 Å². The molecule has 1 saturated carbocycles. The zero-order valence-electron chi connectivity index (χ0n) is 10.5. The summed E-state index contributed by atoms with van der Waals surface area (Å²) in [5, 5.41) is 0. The Balaban J connectivity index is 2.93. The molecule has 0 bridgehead atoms. The van der Waals surface area contributed by atoms with Crippen LogP contribution in [-0.4, -0.2) is 18.6 Å². The number of carbonyl (C=O) groups is 1. The molecule has 1 rings (SSSR count). The van der Waals surface area contributed by atoms with Crippen molar-refractivity contribution in [3.8, 4) is 0 Å². The van der Waals surface area contributed by atoms with Gasteiger partial charge in [0.1, 0.15) is 0 Å². The molecule has 3 nitrogen and oxygen atoms in total. The molecule has 3 heteroatoms. The van der Waals surface area contributed by atoms with Gasteiger partial charge >= 0.3 is 5.97 Å². The van der Waals surface area contributed by atoms with Gasteiger partial charge in [-0.05, 0) is 32.1 Å². The van der Waals surface area contributed by atoms with E-state index in [4.69, 9.17) is 10.5 Å². The maximum absolute atomic E-state index is 11.5. The van der Waals surface area contributed by atoms with E-state index in [1.165, 1.54) is 7.11 Å². The largest absolute Gasteiger partial charge is 0.469 e. The summed E-state index contributed by atoms with van der Waals surface area (Å²) in [5.74, 6) is -0.163. The third-order valence-corrected chi connectivity index (χ3v) is 4.48. The fraction of sp³-hybridized carbons (Fsp3) is 0.917. The van der Waals surface area contributed by atoms with Crippen molar-refractivity contribution in [1.82, 2.24) is 0 Å². The van der Waals surface area contributed by atoms with Gasteiger partial charge in [0.05, 0.1) is 13.5 Å². The Hall–Kier alpha value is -0.570. The fourth-order valence-corrected chi connectivity index (χ4v) is 2.32. The Kier molecular flexibility index (Phi) is 2.90. The van der Waals surface area contributed by atoms with Gasteiger partial charge in [-0.1, -0.05) is 13.8 Å². The van der Waals surface area contributed by atoms with Crippen molar-refractivity contribution >= 4 is 5.97 Å². The topological polar surface area (TPSA) is 52.3 Å². The third kappa shape index (κ3) is 2.03. The van der Waals surface area contributed by atoms with Gasteiger partial charge in [0.15, 0.2) is 0 Å². The highest BCUT2D eigenvalue weighted by Gasteiger charge is 2.59. The Bertz CT molecular complexity index is 256. The van der Waals surface area contributed by atoms with Crippen molar-refractivity contribution < 1.29 is 9.53 Å². The molecule has 15 heavy (non-hydrogen) atoms. The number of rotatable bonds is 4. The minimum Gasteiger partial charge on any atom is -0.469 e. The normalized spacial score (nSPS) is 23.1. The molecule has 1 aliphatic carbocycles. The standard InChI is InChI=1S/C12H23NO2/c1-10(2,13)12(4,8-9(14)15-5)11(3)6-7-11/h6-8,13H2,1-5H3. The van der Waals surface area contributed by atoms with E-state index in [0.29, 0.717) is 6.42 Å². The fourth-order valence-electron chi connectivity index (χ4n) is 2.32. The number of hydrogen-bond donors (Lipinski definition) is 1. The van der Waals surface area contributed by atoms with Gasteiger partial charge in [-0.25, -0.2) is 0 Å². The Morgan fingerprint density at radius 1 is 1.40 bits per heavy atom. The van der Waals surface area contributed by atoms with Gasteiger partial charge in [0, 0.05) is 11.0 Å². The maximum atomic E-state index is 11.5. The second-order valence-corrected chi connectivity index (χ2v) is 5.87. The number of ether oxygens (including phenoxy) is 1. The summed E-state index contributed by atoms with van der Waals surface area (Å²) in [7, 11) is 1.43. The summed E-state index contributed by atoms with van der Waals surface area (Å²) in [5.41, 5.74) is 5.87. The molecule has 0 radical (unpaired) electrons. The highest BCUT2D eigenvalue weighted by Crippen LogP contribution is 2.63. The van der Waals surface area contributed by atoms with Crippen molar-refractivity contribution in [1.29, 1.82) is 0 Å². The molecule has 0 aromatic heterocycles. The quantitative estimate of drug-likeness (QED) is 0.727. The van der Waals surface area contributed by atoms with Crippen LogP contribution < -0.4 is 5.73 Å². The number of carbonyl (C=O) groups excluding carboxylic acids is 1. The highest BCUT2D eigenvalue weighted by atomic mass is 16.5. The van der Waals surface area contributed by atoms with E-state index in [9.17, 15) is 4.79 Å². The van der Waals surface area contributed by atoms with E-state index in [1.807, 2.05) is 13.8 Å². The van der Waals surface area contributed by atoms with Crippen LogP contribution in [0, 0.1) is 10.8 Å². The monoisotopic (exact) mass is 213 g/mol. The van der Waals surface area contributed by atoms with Crippen LogP contribution in [-0.2, 0) is 9.53 Å². The maximum Gasteiger partial charge on any atom is 0.306 e. The van der Waals surface area contributed by atoms with E-state index in [-0.39, 0.29) is 22.3 Å². The van der Waals surface area contributed by atoms with Crippen LogP contribution in [0.1, 0.15) is 47.0 Å². The van der Waals surface area contributed by atoms with E-state index in [0.717, 1.165) is 12.8 Å². The average Bonchev–Trinajstić information content (AvgIpc) is 2.82. The van der Waals surface area contributed by atoms with Crippen LogP contribution >= 0.6 is 0 Å². The van der Waals surface area contributed by atoms with E-state index >= 15 is 0 Å². The first kappa shape index (κ1) is 12.5. The molecular weight excluding hydrogens is 190 g/mol. The Labute approximate surface area is 92.4 Å². The summed E-state index contributed by atoms with van der Waals surface area (Å²) in [6.45, 7) is 8.32. The van der Waals surface area contributed by atoms with Crippen molar-refractivity contribution in [2.24, 2.45) is 16.6 Å². The lowest BCUT2D eigenvalue weighted by molar-refractivity contribution is -0.146. The highest BCUT2D eigenvalue weighted by molar-refractivity contribution is 5.70. The first-order valence-corrected chi connectivity index (χ1v) is 5.52. The van der Waals surface area contributed by atoms with Crippen molar-refractivity contribution in [3.63, 3.8) is 0 Å². The van der Waals surface area contributed by atoms with Crippen LogP contribution in [0.3, 0.4) is 0 Å². The summed E-state index contributed by atoms with van der Waals surface area (Å²) in [6, 6.07) is 0. The van der Waals surface area contributed by atoms with Crippen molar-refractivity contribution in [2.45, 2.75) is 52.5 Å². The average molecular weight is 213 g/mol. The molecule has 0 spiro atoms. The lowest BCUT2D eigenvalue weighted by Crippen LogP contribution is -2.54. The van der Waals surface area contributed by atoms with Crippen molar-refractivity contribution in [3.05, 3.63) is 0 Å². The lowest BCUT2D eigenvalue weighted by Gasteiger charge is -2.46. The third-order valence-electron chi connectivity index (χ3n) is 4.48. The summed E-state index contributed by atoms with van der Waals surface area (Å²) < 4.78 is 4.77. The van der Waals surface area contributed by atoms with Gasteiger partial charge < -0.3 is 10.5 Å². The SMILES string of the molecule is COC(=O)CC(C)(C(C)(C)N)C1(C)CC1. The number of nitrogens with two attached hydrogens (primary N) is 1. The number of hydrogen-bond acceptors (Lipinski definition) is 3. The second kappa shape index (κ2) is 3.48. The summed E-state index contributed by atoms with van der Waals surface area (Å²) in [6.07, 6.45) is 2.71. The molecule has 0 saturated heterocycles. The molecular formula is C12H23NO2. The Morgan fingerprint density at radius 2 is 1.87 bits per heavy atom. The molecule has 0 aliphatic heterocycles.